The molecule has 0 bridgehead atoms. The van der Waals surface area contributed by atoms with Gasteiger partial charge in [0, 0.05) is 31.4 Å². The van der Waals surface area contributed by atoms with Crippen LogP contribution in [0.5, 0.6) is 0 Å². The van der Waals surface area contributed by atoms with E-state index in [4.69, 9.17) is 0 Å². The number of nitrogens with zero attached hydrogens (tertiary/aromatic N) is 2. The van der Waals surface area contributed by atoms with Gasteiger partial charge >= 0.3 is 0 Å². The third-order valence-electron chi connectivity index (χ3n) is 3.33. The summed E-state index contributed by atoms with van der Waals surface area (Å²) < 4.78 is 0. The van der Waals surface area contributed by atoms with E-state index in [1.165, 1.54) is 6.42 Å². The highest BCUT2D eigenvalue weighted by atomic mass is 16.2. The molecule has 1 aliphatic heterocycles. The molecule has 1 aromatic rings. The van der Waals surface area contributed by atoms with Crippen LogP contribution in [0.15, 0.2) is 24.4 Å². The summed E-state index contributed by atoms with van der Waals surface area (Å²) >= 11 is 0. The molecular formula is C14H20N2O. The number of carbonyl (C=O) groups is 1. The lowest BCUT2D eigenvalue weighted by molar-refractivity contribution is -0.132. The normalized spacial score (nSPS) is 20.3. The summed E-state index contributed by atoms with van der Waals surface area (Å²) in [5, 5.41) is 0. The van der Waals surface area contributed by atoms with Crippen LogP contribution in [-0.4, -0.2) is 28.9 Å². The molecule has 2 rings (SSSR count). The molecule has 0 aromatic carbocycles. The quantitative estimate of drug-likeness (QED) is 0.801. The highest BCUT2D eigenvalue weighted by Gasteiger charge is 2.20. The predicted octanol–water partition coefficient (Wildman–Crippen LogP) is 2.27. The first kappa shape index (κ1) is 12.1. The van der Waals surface area contributed by atoms with E-state index in [1.807, 2.05) is 23.1 Å². The highest BCUT2D eigenvalue weighted by Crippen LogP contribution is 2.16. The van der Waals surface area contributed by atoms with Crippen LogP contribution in [-0.2, 0) is 11.2 Å². The van der Waals surface area contributed by atoms with Gasteiger partial charge in [0.05, 0.1) is 0 Å². The summed E-state index contributed by atoms with van der Waals surface area (Å²) in [4.78, 5) is 18.3. The van der Waals surface area contributed by atoms with E-state index in [9.17, 15) is 4.79 Å². The van der Waals surface area contributed by atoms with Crippen LogP contribution in [0.25, 0.3) is 0 Å². The van der Waals surface area contributed by atoms with Crippen LogP contribution in [0.1, 0.15) is 31.9 Å². The summed E-state index contributed by atoms with van der Waals surface area (Å²) in [7, 11) is 0. The molecule has 0 aliphatic carbocycles. The number of pyridine rings is 1. The van der Waals surface area contributed by atoms with Crippen LogP contribution >= 0.6 is 0 Å². The fourth-order valence-corrected chi connectivity index (χ4v) is 2.36. The Morgan fingerprint density at radius 2 is 2.41 bits per heavy atom. The summed E-state index contributed by atoms with van der Waals surface area (Å²) in [6.45, 7) is 4.09. The number of aromatic nitrogens is 1. The van der Waals surface area contributed by atoms with Crippen molar-refractivity contribution in [3.8, 4) is 0 Å². The number of hydrogen-bond donors (Lipinski definition) is 0. The van der Waals surface area contributed by atoms with Crippen molar-refractivity contribution in [2.24, 2.45) is 5.92 Å². The Labute approximate surface area is 103 Å². The molecule has 0 spiro atoms. The Balaban J connectivity index is 1.81. The molecule has 0 saturated carbocycles. The first-order valence-electron chi connectivity index (χ1n) is 6.43. The van der Waals surface area contributed by atoms with Crippen LogP contribution in [0.2, 0.25) is 0 Å². The number of rotatable bonds is 3. The van der Waals surface area contributed by atoms with Crippen molar-refractivity contribution in [3.05, 3.63) is 30.1 Å². The smallest absolute Gasteiger partial charge is 0.222 e. The Bertz CT molecular complexity index is 364. The molecule has 1 unspecified atom stereocenters. The Morgan fingerprint density at radius 1 is 1.53 bits per heavy atom. The summed E-state index contributed by atoms with van der Waals surface area (Å²) in [6, 6.07) is 5.85. The van der Waals surface area contributed by atoms with E-state index in [1.54, 1.807) is 6.20 Å². The van der Waals surface area contributed by atoms with Gasteiger partial charge in [-0.1, -0.05) is 13.0 Å². The zero-order chi connectivity index (χ0) is 12.1. The zero-order valence-corrected chi connectivity index (χ0v) is 10.4. The molecule has 1 saturated heterocycles. The van der Waals surface area contributed by atoms with Crippen LogP contribution in [0, 0.1) is 5.92 Å². The highest BCUT2D eigenvalue weighted by molar-refractivity contribution is 5.76. The largest absolute Gasteiger partial charge is 0.342 e. The SMILES string of the molecule is CC1CCCN(C(=O)CCc2ccccn2)C1. The second-order valence-electron chi connectivity index (χ2n) is 4.91. The molecular weight excluding hydrogens is 212 g/mol. The van der Waals surface area contributed by atoms with Crippen LogP contribution in [0.3, 0.4) is 0 Å². The van der Waals surface area contributed by atoms with E-state index in [2.05, 4.69) is 11.9 Å². The Hall–Kier alpha value is -1.38. The topological polar surface area (TPSA) is 33.2 Å². The van der Waals surface area contributed by atoms with Gasteiger partial charge in [-0.25, -0.2) is 0 Å². The van der Waals surface area contributed by atoms with Gasteiger partial charge in [0.2, 0.25) is 5.91 Å². The number of piperidine rings is 1. The minimum absolute atomic E-state index is 0.280. The number of likely N-dealkylation sites (tertiary alicyclic amines) is 1. The van der Waals surface area contributed by atoms with Gasteiger partial charge in [0.25, 0.3) is 0 Å². The summed E-state index contributed by atoms with van der Waals surface area (Å²) in [5.41, 5.74) is 1.01. The molecule has 92 valence electrons. The van der Waals surface area contributed by atoms with Crippen molar-refractivity contribution in [3.63, 3.8) is 0 Å². The molecule has 1 fully saturated rings. The predicted molar refractivity (Wildman–Crippen MR) is 67.5 cm³/mol. The third-order valence-corrected chi connectivity index (χ3v) is 3.33. The molecule has 1 aromatic heterocycles. The maximum atomic E-state index is 12.0. The molecule has 0 N–H and O–H groups in total. The van der Waals surface area contributed by atoms with E-state index >= 15 is 0 Å². The van der Waals surface area contributed by atoms with Gasteiger partial charge in [-0.2, -0.15) is 0 Å². The van der Waals surface area contributed by atoms with Gasteiger partial charge in [-0.05, 0) is 37.3 Å². The summed E-state index contributed by atoms with van der Waals surface area (Å²) in [6.07, 6.45) is 5.53. The number of hydrogen-bond acceptors (Lipinski definition) is 2. The van der Waals surface area contributed by atoms with Gasteiger partial charge < -0.3 is 4.90 Å². The Morgan fingerprint density at radius 3 is 3.12 bits per heavy atom. The number of amides is 1. The lowest BCUT2D eigenvalue weighted by Gasteiger charge is -2.31. The van der Waals surface area contributed by atoms with Crippen molar-refractivity contribution >= 4 is 5.91 Å². The van der Waals surface area contributed by atoms with Gasteiger partial charge in [-0.15, -0.1) is 0 Å². The molecule has 3 nitrogen and oxygen atoms in total. The number of carbonyl (C=O) groups excluding carboxylic acids is 1. The average molecular weight is 232 g/mol. The van der Waals surface area contributed by atoms with Gasteiger partial charge in [0.15, 0.2) is 0 Å². The second kappa shape index (κ2) is 5.80. The van der Waals surface area contributed by atoms with Gasteiger partial charge in [0.1, 0.15) is 0 Å². The van der Waals surface area contributed by atoms with Crippen LogP contribution < -0.4 is 0 Å². The van der Waals surface area contributed by atoms with E-state index in [0.717, 1.165) is 31.6 Å². The van der Waals surface area contributed by atoms with E-state index in [0.29, 0.717) is 12.3 Å². The van der Waals surface area contributed by atoms with Crippen molar-refractivity contribution in [1.82, 2.24) is 9.88 Å². The second-order valence-corrected chi connectivity index (χ2v) is 4.91. The van der Waals surface area contributed by atoms with Crippen molar-refractivity contribution in [2.45, 2.75) is 32.6 Å². The zero-order valence-electron chi connectivity index (χ0n) is 10.4. The fourth-order valence-electron chi connectivity index (χ4n) is 2.36. The molecule has 0 radical (unpaired) electrons. The summed E-state index contributed by atoms with van der Waals surface area (Å²) in [5.74, 6) is 0.935. The standard InChI is InChI=1S/C14H20N2O/c1-12-5-4-10-16(11-12)14(17)8-7-13-6-2-3-9-15-13/h2-3,6,9,12H,4-5,7-8,10-11H2,1H3. The average Bonchev–Trinajstić information content (AvgIpc) is 2.37. The molecule has 1 aliphatic rings. The molecule has 1 atom stereocenters. The molecule has 2 heterocycles. The minimum atomic E-state index is 0.280. The van der Waals surface area contributed by atoms with E-state index in [-0.39, 0.29) is 5.91 Å². The first-order chi connectivity index (χ1) is 8.25. The van der Waals surface area contributed by atoms with E-state index < -0.39 is 0 Å². The monoisotopic (exact) mass is 232 g/mol. The molecule has 3 heteroatoms. The fraction of sp³-hybridized carbons (Fsp3) is 0.571. The maximum absolute atomic E-state index is 12.0. The van der Waals surface area contributed by atoms with Crippen molar-refractivity contribution < 1.29 is 4.79 Å². The first-order valence-corrected chi connectivity index (χ1v) is 6.43. The lowest BCUT2D eigenvalue weighted by atomic mass is 10.00. The molecule has 17 heavy (non-hydrogen) atoms. The number of aryl methyl sites for hydroxylation is 1. The minimum Gasteiger partial charge on any atom is -0.342 e. The lowest BCUT2D eigenvalue weighted by Crippen LogP contribution is -2.39. The van der Waals surface area contributed by atoms with Crippen LogP contribution in [0.4, 0.5) is 0 Å². The third kappa shape index (κ3) is 3.55. The van der Waals surface area contributed by atoms with Gasteiger partial charge in [-0.3, -0.25) is 9.78 Å². The Kier molecular flexibility index (Phi) is 4.13. The maximum Gasteiger partial charge on any atom is 0.222 e. The molecule has 1 amide bonds. The van der Waals surface area contributed by atoms with Crippen molar-refractivity contribution in [1.29, 1.82) is 0 Å². The van der Waals surface area contributed by atoms with Crippen molar-refractivity contribution in [2.75, 3.05) is 13.1 Å².